The van der Waals surface area contributed by atoms with Crippen molar-refractivity contribution in [1.29, 1.82) is 0 Å². The van der Waals surface area contributed by atoms with Gasteiger partial charge in [0, 0.05) is 5.56 Å². The Morgan fingerprint density at radius 3 is 2.68 bits per heavy atom. The van der Waals surface area contributed by atoms with E-state index < -0.39 is 5.41 Å². The van der Waals surface area contributed by atoms with E-state index in [2.05, 4.69) is 0 Å². The Bertz CT molecular complexity index is 695. The van der Waals surface area contributed by atoms with Crippen molar-refractivity contribution in [1.82, 2.24) is 0 Å². The second kappa shape index (κ2) is 5.01. The number of fused-ring (bicyclic) bond motifs is 3. The molecule has 22 heavy (non-hydrogen) atoms. The highest BCUT2D eigenvalue weighted by molar-refractivity contribution is 5.53. The Hall–Kier alpha value is -2.03. The number of ether oxygens (including phenoxy) is 1. The van der Waals surface area contributed by atoms with Crippen LogP contribution in [0.5, 0.6) is 11.5 Å². The Balaban J connectivity index is 1.96. The van der Waals surface area contributed by atoms with Gasteiger partial charge in [-0.1, -0.05) is 31.0 Å². The highest BCUT2D eigenvalue weighted by atomic mass is 19.1. The minimum Gasteiger partial charge on any atom is -0.508 e. The largest absolute Gasteiger partial charge is 0.508 e. The molecule has 0 unspecified atom stereocenters. The first-order valence-electron chi connectivity index (χ1n) is 7.97. The van der Waals surface area contributed by atoms with Crippen molar-refractivity contribution >= 4 is 0 Å². The zero-order valence-corrected chi connectivity index (χ0v) is 12.4. The van der Waals surface area contributed by atoms with Crippen LogP contribution in [0.4, 0.5) is 4.39 Å². The quantitative estimate of drug-likeness (QED) is 0.837. The van der Waals surface area contributed by atoms with Crippen LogP contribution in [0.2, 0.25) is 0 Å². The average Bonchev–Trinajstić information content (AvgIpc) is 2.70. The van der Waals surface area contributed by atoms with Gasteiger partial charge in [0.05, 0.1) is 5.41 Å². The van der Waals surface area contributed by atoms with E-state index in [0.717, 1.165) is 37.7 Å². The number of phenols is 1. The summed E-state index contributed by atoms with van der Waals surface area (Å²) in [5.41, 5.74) is 1.32. The first kappa shape index (κ1) is 13.6. The standard InChI is InChI=1S/C19H19FO2/c20-15-5-4-6-16-18(15)19(13-8-10-14(21)11-9-13)12-3-1-2-7-17(19)22-16/h4-6,8-11,17,21H,1-3,7,12H2/t17-,19+/m1/s1. The van der Waals surface area contributed by atoms with E-state index in [4.69, 9.17) is 4.74 Å². The number of benzene rings is 2. The van der Waals surface area contributed by atoms with Crippen molar-refractivity contribution in [2.75, 3.05) is 0 Å². The van der Waals surface area contributed by atoms with Gasteiger partial charge in [-0.15, -0.1) is 0 Å². The third-order valence-corrected chi connectivity index (χ3v) is 5.16. The van der Waals surface area contributed by atoms with Gasteiger partial charge in [0.15, 0.2) is 0 Å². The Kier molecular flexibility index (Phi) is 3.10. The molecular weight excluding hydrogens is 279 g/mol. The number of hydrogen-bond donors (Lipinski definition) is 1. The van der Waals surface area contributed by atoms with Gasteiger partial charge in [0.25, 0.3) is 0 Å². The summed E-state index contributed by atoms with van der Waals surface area (Å²) in [6, 6.07) is 12.3. The summed E-state index contributed by atoms with van der Waals surface area (Å²) in [5.74, 6) is 0.730. The summed E-state index contributed by atoms with van der Waals surface area (Å²) >= 11 is 0. The topological polar surface area (TPSA) is 29.5 Å². The molecule has 1 N–H and O–H groups in total. The molecule has 1 aliphatic carbocycles. The number of aromatic hydroxyl groups is 1. The monoisotopic (exact) mass is 298 g/mol. The number of hydrogen-bond acceptors (Lipinski definition) is 2. The molecule has 4 rings (SSSR count). The van der Waals surface area contributed by atoms with E-state index in [1.165, 1.54) is 6.07 Å². The van der Waals surface area contributed by atoms with Gasteiger partial charge < -0.3 is 9.84 Å². The Morgan fingerprint density at radius 1 is 1.05 bits per heavy atom. The summed E-state index contributed by atoms with van der Waals surface area (Å²) in [6.07, 6.45) is 5.13. The molecule has 2 atom stereocenters. The molecule has 2 nitrogen and oxygen atoms in total. The Labute approximate surface area is 129 Å². The van der Waals surface area contributed by atoms with E-state index in [1.54, 1.807) is 18.2 Å². The fraction of sp³-hybridized carbons (Fsp3) is 0.368. The lowest BCUT2D eigenvalue weighted by molar-refractivity contribution is 0.158. The summed E-state index contributed by atoms with van der Waals surface area (Å²) in [6.45, 7) is 0. The van der Waals surface area contributed by atoms with E-state index in [0.29, 0.717) is 11.3 Å². The average molecular weight is 298 g/mol. The van der Waals surface area contributed by atoms with Gasteiger partial charge in [-0.3, -0.25) is 0 Å². The lowest BCUT2D eigenvalue weighted by atomic mass is 9.68. The Morgan fingerprint density at radius 2 is 1.86 bits per heavy atom. The minimum absolute atomic E-state index is 0.0218. The molecule has 0 amide bonds. The molecule has 0 bridgehead atoms. The SMILES string of the molecule is Oc1ccc([C@@]23CCCCC[C@H]2Oc2cccc(F)c23)cc1. The van der Waals surface area contributed by atoms with Crippen LogP contribution in [-0.4, -0.2) is 11.2 Å². The zero-order valence-electron chi connectivity index (χ0n) is 12.4. The fourth-order valence-electron chi connectivity index (χ4n) is 4.19. The van der Waals surface area contributed by atoms with Gasteiger partial charge in [0.2, 0.25) is 0 Å². The second-order valence-electron chi connectivity index (χ2n) is 6.34. The molecular formula is C19H19FO2. The van der Waals surface area contributed by atoms with E-state index in [1.807, 2.05) is 18.2 Å². The second-order valence-corrected chi connectivity index (χ2v) is 6.34. The molecule has 0 saturated heterocycles. The lowest BCUT2D eigenvalue weighted by Crippen LogP contribution is -2.38. The minimum atomic E-state index is -0.426. The zero-order chi connectivity index (χ0) is 15.2. The van der Waals surface area contributed by atoms with Gasteiger partial charge in [0.1, 0.15) is 23.4 Å². The molecule has 2 aromatic carbocycles. The van der Waals surface area contributed by atoms with Crippen molar-refractivity contribution in [3.8, 4) is 11.5 Å². The summed E-state index contributed by atoms with van der Waals surface area (Å²) in [5, 5.41) is 9.59. The maximum atomic E-state index is 14.7. The first-order chi connectivity index (χ1) is 10.7. The van der Waals surface area contributed by atoms with E-state index in [-0.39, 0.29) is 17.7 Å². The fourth-order valence-corrected chi connectivity index (χ4v) is 4.19. The molecule has 1 saturated carbocycles. The highest BCUT2D eigenvalue weighted by Crippen LogP contribution is 2.54. The number of rotatable bonds is 1. The molecule has 0 aromatic heterocycles. The summed E-state index contributed by atoms with van der Waals surface area (Å²) in [7, 11) is 0. The van der Waals surface area contributed by atoms with Gasteiger partial charge >= 0.3 is 0 Å². The molecule has 1 aliphatic heterocycles. The molecule has 114 valence electrons. The van der Waals surface area contributed by atoms with Crippen molar-refractivity contribution < 1.29 is 14.2 Å². The molecule has 2 aromatic rings. The van der Waals surface area contributed by atoms with Gasteiger partial charge in [-0.05, 0) is 49.1 Å². The van der Waals surface area contributed by atoms with Crippen molar-refractivity contribution in [3.05, 3.63) is 59.4 Å². The molecule has 1 fully saturated rings. The van der Waals surface area contributed by atoms with Crippen LogP contribution in [0.3, 0.4) is 0 Å². The molecule has 2 aliphatic rings. The van der Waals surface area contributed by atoms with Crippen LogP contribution in [-0.2, 0) is 5.41 Å². The van der Waals surface area contributed by atoms with Crippen molar-refractivity contribution in [3.63, 3.8) is 0 Å². The van der Waals surface area contributed by atoms with Crippen LogP contribution in [0.15, 0.2) is 42.5 Å². The lowest BCUT2D eigenvalue weighted by Gasteiger charge is -2.34. The predicted molar refractivity (Wildman–Crippen MR) is 82.8 cm³/mol. The highest BCUT2D eigenvalue weighted by Gasteiger charge is 2.51. The van der Waals surface area contributed by atoms with Crippen LogP contribution < -0.4 is 4.74 Å². The maximum absolute atomic E-state index is 14.7. The van der Waals surface area contributed by atoms with E-state index >= 15 is 0 Å². The molecule has 0 radical (unpaired) electrons. The van der Waals surface area contributed by atoms with Crippen LogP contribution in [0, 0.1) is 5.82 Å². The molecule has 3 heteroatoms. The smallest absolute Gasteiger partial charge is 0.131 e. The van der Waals surface area contributed by atoms with Crippen LogP contribution >= 0.6 is 0 Å². The third-order valence-electron chi connectivity index (χ3n) is 5.16. The summed E-state index contributed by atoms with van der Waals surface area (Å²) < 4.78 is 20.8. The van der Waals surface area contributed by atoms with Gasteiger partial charge in [-0.25, -0.2) is 4.39 Å². The normalized spacial score (nSPS) is 26.7. The van der Waals surface area contributed by atoms with E-state index in [9.17, 15) is 9.50 Å². The van der Waals surface area contributed by atoms with Crippen LogP contribution in [0.25, 0.3) is 0 Å². The van der Waals surface area contributed by atoms with Crippen molar-refractivity contribution in [2.45, 2.75) is 43.6 Å². The van der Waals surface area contributed by atoms with Gasteiger partial charge in [-0.2, -0.15) is 0 Å². The van der Waals surface area contributed by atoms with Crippen LogP contribution in [0.1, 0.15) is 43.2 Å². The van der Waals surface area contributed by atoms with Crippen molar-refractivity contribution in [2.24, 2.45) is 0 Å². The molecule has 0 spiro atoms. The number of phenolic OH excluding ortho intramolecular Hbond substituents is 1. The summed E-state index contributed by atoms with van der Waals surface area (Å²) in [4.78, 5) is 0. The maximum Gasteiger partial charge on any atom is 0.131 e. The molecule has 1 heterocycles. The third kappa shape index (κ3) is 1.84. The predicted octanol–water partition coefficient (Wildman–Crippen LogP) is 4.54. The first-order valence-corrected chi connectivity index (χ1v) is 7.97. The number of halogens is 1.